The van der Waals surface area contributed by atoms with Gasteiger partial charge in [0.25, 0.3) is 0 Å². The molecule has 6 aromatic heterocycles. The first-order chi connectivity index (χ1) is 36.2. The van der Waals surface area contributed by atoms with Crippen molar-refractivity contribution in [2.24, 2.45) is 46.6 Å². The second-order valence-corrected chi connectivity index (χ2v) is 37.4. The van der Waals surface area contributed by atoms with E-state index in [-0.39, 0.29) is 27.1 Å². The number of rotatable bonds is 0. The molecule has 0 bridgehead atoms. The van der Waals surface area contributed by atoms with Crippen LogP contribution in [0.15, 0.2) is 82.2 Å². The van der Waals surface area contributed by atoms with Crippen LogP contribution in [0.1, 0.15) is 303 Å². The van der Waals surface area contributed by atoms with Gasteiger partial charge < -0.3 is 13.5 Å². The first kappa shape index (κ1) is 90.3. The molecule has 0 saturated heterocycles. The molecule has 0 atom stereocenters. The van der Waals surface area contributed by atoms with Gasteiger partial charge in [-0.3, -0.25) is 9.67 Å². The molecular formula is C71H138N8O2S2. The van der Waals surface area contributed by atoms with E-state index < -0.39 is 0 Å². The third kappa shape index (κ3) is 84.6. The minimum atomic E-state index is 0.0938. The van der Waals surface area contributed by atoms with Gasteiger partial charge in [0.05, 0.1) is 30.4 Å². The van der Waals surface area contributed by atoms with Crippen LogP contribution in [-0.2, 0) is 41.2 Å². The van der Waals surface area contributed by atoms with Gasteiger partial charge in [-0.1, -0.05) is 275 Å². The summed E-state index contributed by atoms with van der Waals surface area (Å²) in [4.78, 5) is 13.2. The highest BCUT2D eigenvalue weighted by molar-refractivity contribution is 7.09. The van der Waals surface area contributed by atoms with Gasteiger partial charge in [0.2, 0.25) is 0 Å². The number of thiazole rings is 1. The van der Waals surface area contributed by atoms with Crippen LogP contribution in [0.25, 0.3) is 0 Å². The number of oxazole rings is 1. The Hall–Kier alpha value is -3.90. The number of aryl methyl sites for hydroxylation is 3. The Balaban J connectivity index is -0.000000197. The maximum absolute atomic E-state index is 5.09. The van der Waals surface area contributed by atoms with Crippen molar-refractivity contribution >= 4 is 22.9 Å². The Morgan fingerprint density at radius 3 is 0.964 bits per heavy atom. The molecule has 6 aromatic rings. The second kappa shape index (κ2) is 39.7. The van der Waals surface area contributed by atoms with Crippen LogP contribution in [0.2, 0.25) is 0 Å². The van der Waals surface area contributed by atoms with E-state index in [1.54, 1.807) is 30.0 Å². The molecular weight excluding hydrogens is 1060 g/mol. The smallest absolute Gasteiger partial charge is 0.180 e. The highest BCUT2D eigenvalue weighted by Crippen LogP contribution is 2.25. The summed E-state index contributed by atoms with van der Waals surface area (Å²) in [5.41, 5.74) is 10.8. The predicted octanol–water partition coefficient (Wildman–Crippen LogP) is 23.6. The molecule has 6 rings (SSSR count). The van der Waals surface area contributed by atoms with Crippen molar-refractivity contribution in [3.05, 3.63) is 106 Å². The van der Waals surface area contributed by atoms with Gasteiger partial charge in [0.15, 0.2) is 6.39 Å². The summed E-state index contributed by atoms with van der Waals surface area (Å²) in [6, 6.07) is 0. The molecule has 0 saturated carbocycles. The second-order valence-electron chi connectivity index (χ2n) is 35.9. The van der Waals surface area contributed by atoms with Crippen LogP contribution >= 0.6 is 22.9 Å². The predicted molar refractivity (Wildman–Crippen MR) is 373 cm³/mol. The molecule has 0 N–H and O–H groups in total. The van der Waals surface area contributed by atoms with Gasteiger partial charge in [0.1, 0.15) is 12.0 Å². The molecule has 486 valence electrons. The summed E-state index contributed by atoms with van der Waals surface area (Å²) >= 11 is 3.21. The van der Waals surface area contributed by atoms with Gasteiger partial charge in [-0.05, 0) is 78.3 Å². The van der Waals surface area contributed by atoms with E-state index in [9.17, 15) is 0 Å². The molecule has 0 aromatic carbocycles. The zero-order valence-electron chi connectivity index (χ0n) is 62.6. The van der Waals surface area contributed by atoms with E-state index in [4.69, 9.17) is 8.94 Å². The van der Waals surface area contributed by atoms with Gasteiger partial charge in [-0.15, -0.1) is 11.3 Å². The summed E-state index contributed by atoms with van der Waals surface area (Å²) in [7, 11) is 3.96. The molecule has 0 aliphatic rings. The van der Waals surface area contributed by atoms with Gasteiger partial charge >= 0.3 is 0 Å². The number of nitrogens with zero attached hydrogens (tertiary/aromatic N) is 8. The van der Waals surface area contributed by atoms with Crippen LogP contribution in [0, 0.1) is 39.4 Å². The first-order valence-corrected chi connectivity index (χ1v) is 31.4. The highest BCUT2D eigenvalue weighted by Gasteiger charge is 2.18. The fraction of sp³-hybridized carbons (Fsp3) is 0.746. The summed E-state index contributed by atoms with van der Waals surface area (Å²) < 4.78 is 17.5. The molecule has 12 heteroatoms. The average Bonchev–Trinajstić information content (AvgIpc) is 4.03. The summed E-state index contributed by atoms with van der Waals surface area (Å²) in [6.07, 6.45) is 18.1. The fourth-order valence-corrected chi connectivity index (χ4v) is 5.12. The zero-order valence-corrected chi connectivity index (χ0v) is 64.3. The maximum Gasteiger partial charge on any atom is 0.180 e. The van der Waals surface area contributed by atoms with Crippen molar-refractivity contribution in [3.8, 4) is 0 Å². The van der Waals surface area contributed by atoms with Gasteiger partial charge in [-0.2, -0.15) is 5.10 Å². The van der Waals surface area contributed by atoms with Crippen LogP contribution in [0.4, 0.5) is 0 Å². The summed E-state index contributed by atoms with van der Waals surface area (Å²) in [5, 5.41) is 9.73. The fourth-order valence-electron chi connectivity index (χ4n) is 3.89. The quantitative estimate of drug-likeness (QED) is 0.148. The third-order valence-electron chi connectivity index (χ3n) is 7.35. The molecule has 83 heavy (non-hydrogen) atoms. The van der Waals surface area contributed by atoms with E-state index in [0.29, 0.717) is 32.5 Å². The monoisotopic (exact) mass is 1200 g/mol. The molecule has 0 spiro atoms. The van der Waals surface area contributed by atoms with Crippen molar-refractivity contribution in [2.45, 2.75) is 304 Å². The summed E-state index contributed by atoms with van der Waals surface area (Å²) in [5.74, 6) is 0.933. The Morgan fingerprint density at radius 2 is 0.831 bits per heavy atom. The lowest BCUT2D eigenvalue weighted by atomic mass is 9.90. The minimum absolute atomic E-state index is 0.0938. The van der Waals surface area contributed by atoms with Crippen LogP contribution in [0.3, 0.4) is 0 Å². The van der Waals surface area contributed by atoms with Gasteiger partial charge in [0, 0.05) is 71.2 Å². The van der Waals surface area contributed by atoms with E-state index in [1.165, 1.54) is 39.6 Å². The molecule has 6 heterocycles. The van der Waals surface area contributed by atoms with Crippen molar-refractivity contribution in [3.63, 3.8) is 0 Å². The standard InChI is InChI=1S/2C8H14N2.2C7H11NO.C7H11NS.6C5H12.C4H5NS/c1-8(2,3)7-5-9-6-10(7)4;1-8(2,3)7-5-9-10(4)6-7;1-7(2,3)6-4-8-5-9-6;1-7(2,3)6-4-8-9-5-6;1-7(2,3)6-4-8-5-9-6;6*1-5(2,3)4;1-4-2-5-6-3-4/h2*5-6H,1-4H3;3*4-5H,1-3H3;6*1-4H3;2-3H,1H3. The molecule has 0 unspecified atom stereocenters. The van der Waals surface area contributed by atoms with Crippen molar-refractivity contribution in [1.29, 1.82) is 0 Å². The lowest BCUT2D eigenvalue weighted by molar-refractivity contribution is 0.408. The normalized spacial score (nSPS) is 11.7. The van der Waals surface area contributed by atoms with E-state index in [0.717, 1.165) is 11.3 Å². The molecule has 10 nitrogen and oxygen atoms in total. The highest BCUT2D eigenvalue weighted by atomic mass is 32.1. The Morgan fingerprint density at radius 1 is 0.422 bits per heavy atom. The van der Waals surface area contributed by atoms with Crippen molar-refractivity contribution in [1.82, 2.24) is 38.8 Å². The SMILES string of the molecule is CC(C)(C)C.CC(C)(C)C.CC(C)(C)C.CC(C)(C)C.CC(C)(C)C.CC(C)(C)C.CC(C)(C)c1cnco1.CC(C)(C)c1cncs1.CC(C)(C)c1cnoc1.Cc1cnsc1.Cn1cc(C(C)(C)C)cn1.Cn1cncc1C(C)(C)C. The Labute approximate surface area is 524 Å². The molecule has 0 radical (unpaired) electrons. The van der Waals surface area contributed by atoms with Gasteiger partial charge in [-0.25, -0.2) is 14.3 Å². The maximum atomic E-state index is 5.09. The number of aromatic nitrogens is 8. The number of hydrogen-bond acceptors (Lipinski definition) is 10. The average molecular weight is 1200 g/mol. The molecule has 0 amide bonds. The molecule has 0 fully saturated rings. The zero-order chi connectivity index (χ0) is 67.7. The Kier molecular flexibility index (Phi) is 43.2. The number of imidazole rings is 1. The topological polar surface area (TPSA) is 113 Å². The van der Waals surface area contributed by atoms with E-state index in [1.807, 2.05) is 67.7 Å². The lowest BCUT2D eigenvalue weighted by Gasteiger charge is -2.18. The van der Waals surface area contributed by atoms with E-state index >= 15 is 0 Å². The molecule has 0 aliphatic heterocycles. The summed E-state index contributed by atoms with van der Waals surface area (Å²) in [6.45, 7) is 86.9. The van der Waals surface area contributed by atoms with Crippen molar-refractivity contribution < 1.29 is 8.94 Å². The van der Waals surface area contributed by atoms with E-state index in [2.05, 4.69) is 310 Å². The lowest BCUT2D eigenvalue weighted by Crippen LogP contribution is -2.15. The largest absolute Gasteiger partial charge is 0.448 e. The third-order valence-corrected chi connectivity index (χ3v) is 9.26. The van der Waals surface area contributed by atoms with Crippen LogP contribution < -0.4 is 0 Å². The van der Waals surface area contributed by atoms with Crippen LogP contribution in [0.5, 0.6) is 0 Å². The van der Waals surface area contributed by atoms with Crippen molar-refractivity contribution in [2.75, 3.05) is 0 Å². The number of hydrogen-bond donors (Lipinski definition) is 0. The van der Waals surface area contributed by atoms with Crippen LogP contribution in [-0.4, -0.2) is 38.8 Å². The Bertz CT molecular complexity index is 2090. The minimum Gasteiger partial charge on any atom is -0.448 e. The first-order valence-electron chi connectivity index (χ1n) is 29.7. The molecule has 0 aliphatic carbocycles.